The number of aliphatic hydroxyl groups is 1. The molecule has 4 heteroatoms. The van der Waals surface area contributed by atoms with E-state index < -0.39 is 0 Å². The number of aromatic nitrogens is 2. The predicted octanol–water partition coefficient (Wildman–Crippen LogP) is 2.56. The van der Waals surface area contributed by atoms with Crippen molar-refractivity contribution >= 4 is 22.6 Å². The highest BCUT2D eigenvalue weighted by atomic mass is 35.5. The van der Waals surface area contributed by atoms with Gasteiger partial charge in [0.15, 0.2) is 0 Å². The van der Waals surface area contributed by atoms with Crippen molar-refractivity contribution in [2.75, 3.05) is 6.61 Å². The van der Waals surface area contributed by atoms with E-state index in [1.54, 1.807) is 0 Å². The number of para-hydroxylation sites is 1. The lowest BCUT2D eigenvalue weighted by molar-refractivity contribution is 0.295. The lowest BCUT2D eigenvalue weighted by atomic mass is 10.3. The summed E-state index contributed by atoms with van der Waals surface area (Å²) < 4.78 is 2.23. The number of aliphatic hydroxyl groups excluding tert-OH is 1. The van der Waals surface area contributed by atoms with Crippen molar-refractivity contribution < 1.29 is 5.11 Å². The molecular formula is C12H13ClN2O. The van der Waals surface area contributed by atoms with Crippen molar-refractivity contribution in [2.24, 2.45) is 0 Å². The molecule has 1 saturated carbocycles. The molecule has 1 aromatic carbocycles. The minimum absolute atomic E-state index is 0.133. The van der Waals surface area contributed by atoms with E-state index >= 15 is 0 Å². The number of hydrogen-bond acceptors (Lipinski definition) is 2. The molecule has 16 heavy (non-hydrogen) atoms. The Hall–Kier alpha value is -1.06. The first kappa shape index (κ1) is 10.1. The topological polar surface area (TPSA) is 38.1 Å². The van der Waals surface area contributed by atoms with Gasteiger partial charge in [-0.15, -0.1) is 0 Å². The highest BCUT2D eigenvalue weighted by molar-refractivity contribution is 6.34. The van der Waals surface area contributed by atoms with Gasteiger partial charge in [-0.25, -0.2) is 4.98 Å². The minimum Gasteiger partial charge on any atom is -0.396 e. The van der Waals surface area contributed by atoms with Crippen LogP contribution >= 0.6 is 11.6 Å². The number of benzene rings is 1. The van der Waals surface area contributed by atoms with Crippen LogP contribution < -0.4 is 0 Å². The highest BCUT2D eigenvalue weighted by Gasteiger charge is 2.28. The first-order valence-electron chi connectivity index (χ1n) is 5.57. The summed E-state index contributed by atoms with van der Waals surface area (Å²) in [5.74, 6) is 0.952. The molecule has 0 spiro atoms. The maximum absolute atomic E-state index is 9.05. The molecule has 0 amide bonds. The van der Waals surface area contributed by atoms with Crippen molar-refractivity contribution in [3.8, 4) is 0 Å². The summed E-state index contributed by atoms with van der Waals surface area (Å²) in [5.41, 5.74) is 1.96. The van der Waals surface area contributed by atoms with Crippen LogP contribution in [0, 0.1) is 0 Å². The van der Waals surface area contributed by atoms with Crippen LogP contribution in [0.2, 0.25) is 5.02 Å². The number of imidazole rings is 1. The molecule has 1 fully saturated rings. The Morgan fingerprint density at radius 2 is 2.25 bits per heavy atom. The number of hydrogen-bond donors (Lipinski definition) is 1. The van der Waals surface area contributed by atoms with Gasteiger partial charge in [0.2, 0.25) is 0 Å². The summed E-state index contributed by atoms with van der Waals surface area (Å²) in [4.78, 5) is 4.53. The highest BCUT2D eigenvalue weighted by Crippen LogP contribution is 2.39. The molecule has 84 valence electrons. The summed E-state index contributed by atoms with van der Waals surface area (Å²) in [6.07, 6.45) is 3.01. The Labute approximate surface area is 98.7 Å². The van der Waals surface area contributed by atoms with Crippen LogP contribution in [0.25, 0.3) is 11.0 Å². The van der Waals surface area contributed by atoms with Crippen LogP contribution in [0.15, 0.2) is 18.2 Å². The standard InChI is InChI=1S/C12H13ClN2O/c13-9-2-1-3-10-12(9)14-11(6-7-16)15(10)8-4-5-8/h1-3,8,16H,4-7H2. The molecule has 2 aromatic rings. The summed E-state index contributed by atoms with van der Waals surface area (Å²) in [6.45, 7) is 0.133. The average molecular weight is 237 g/mol. The largest absolute Gasteiger partial charge is 0.396 e. The first-order valence-corrected chi connectivity index (χ1v) is 5.95. The molecule has 1 heterocycles. The molecule has 0 aliphatic heterocycles. The monoisotopic (exact) mass is 236 g/mol. The zero-order valence-corrected chi connectivity index (χ0v) is 9.61. The van der Waals surface area contributed by atoms with Crippen molar-refractivity contribution in [3.63, 3.8) is 0 Å². The molecule has 0 saturated heterocycles. The van der Waals surface area contributed by atoms with Gasteiger partial charge in [-0.1, -0.05) is 17.7 Å². The smallest absolute Gasteiger partial charge is 0.112 e. The Morgan fingerprint density at radius 3 is 2.94 bits per heavy atom. The molecule has 3 rings (SSSR count). The fraction of sp³-hybridized carbons (Fsp3) is 0.417. The van der Waals surface area contributed by atoms with Gasteiger partial charge in [-0.3, -0.25) is 0 Å². The molecule has 0 radical (unpaired) electrons. The molecular weight excluding hydrogens is 224 g/mol. The zero-order chi connectivity index (χ0) is 11.1. The number of nitrogens with zero attached hydrogens (tertiary/aromatic N) is 2. The molecule has 0 bridgehead atoms. The lowest BCUT2D eigenvalue weighted by Crippen LogP contribution is -2.03. The van der Waals surface area contributed by atoms with E-state index in [-0.39, 0.29) is 6.61 Å². The summed E-state index contributed by atoms with van der Waals surface area (Å²) >= 11 is 6.13. The lowest BCUT2D eigenvalue weighted by Gasteiger charge is -2.05. The van der Waals surface area contributed by atoms with E-state index in [0.717, 1.165) is 16.9 Å². The Balaban J connectivity index is 2.24. The molecule has 0 atom stereocenters. The molecule has 1 N–H and O–H groups in total. The molecule has 1 aromatic heterocycles. The van der Waals surface area contributed by atoms with Crippen molar-refractivity contribution in [1.82, 2.24) is 9.55 Å². The maximum atomic E-state index is 9.05. The van der Waals surface area contributed by atoms with Crippen LogP contribution in [0.3, 0.4) is 0 Å². The van der Waals surface area contributed by atoms with Gasteiger partial charge >= 0.3 is 0 Å². The number of fused-ring (bicyclic) bond motifs is 1. The number of rotatable bonds is 3. The van der Waals surface area contributed by atoms with Gasteiger partial charge in [0, 0.05) is 12.5 Å². The predicted molar refractivity (Wildman–Crippen MR) is 63.8 cm³/mol. The van der Waals surface area contributed by atoms with E-state index in [2.05, 4.69) is 9.55 Å². The third-order valence-electron chi connectivity index (χ3n) is 2.99. The van der Waals surface area contributed by atoms with Crippen molar-refractivity contribution in [1.29, 1.82) is 0 Å². The zero-order valence-electron chi connectivity index (χ0n) is 8.86. The second-order valence-corrected chi connectivity index (χ2v) is 4.62. The SMILES string of the molecule is OCCc1nc2c(Cl)cccc2n1C1CC1. The van der Waals surface area contributed by atoms with Gasteiger partial charge < -0.3 is 9.67 Å². The summed E-state index contributed by atoms with van der Waals surface area (Å²) in [5, 5.41) is 9.75. The summed E-state index contributed by atoms with van der Waals surface area (Å²) in [6, 6.07) is 6.42. The van der Waals surface area contributed by atoms with Crippen molar-refractivity contribution in [2.45, 2.75) is 25.3 Å². The third-order valence-corrected chi connectivity index (χ3v) is 3.30. The van der Waals surface area contributed by atoms with Crippen LogP contribution in [0.1, 0.15) is 24.7 Å². The second kappa shape index (κ2) is 3.75. The van der Waals surface area contributed by atoms with Crippen LogP contribution in [0.5, 0.6) is 0 Å². The van der Waals surface area contributed by atoms with E-state index in [1.807, 2.05) is 18.2 Å². The molecule has 3 nitrogen and oxygen atoms in total. The quantitative estimate of drug-likeness (QED) is 0.890. The fourth-order valence-corrected chi connectivity index (χ4v) is 2.36. The molecule has 0 unspecified atom stereocenters. The Morgan fingerprint density at radius 1 is 1.44 bits per heavy atom. The molecule has 1 aliphatic carbocycles. The van der Waals surface area contributed by atoms with E-state index in [1.165, 1.54) is 12.8 Å². The molecule has 1 aliphatic rings. The van der Waals surface area contributed by atoms with Gasteiger partial charge in [0.25, 0.3) is 0 Å². The van der Waals surface area contributed by atoms with E-state index in [9.17, 15) is 0 Å². The Kier molecular flexibility index (Phi) is 2.37. The first-order chi connectivity index (χ1) is 7.81. The van der Waals surface area contributed by atoms with E-state index in [0.29, 0.717) is 17.5 Å². The second-order valence-electron chi connectivity index (χ2n) is 4.21. The van der Waals surface area contributed by atoms with Crippen LogP contribution in [-0.2, 0) is 6.42 Å². The van der Waals surface area contributed by atoms with Crippen molar-refractivity contribution in [3.05, 3.63) is 29.0 Å². The van der Waals surface area contributed by atoms with Gasteiger partial charge in [-0.2, -0.15) is 0 Å². The maximum Gasteiger partial charge on any atom is 0.112 e. The van der Waals surface area contributed by atoms with Crippen LogP contribution in [0.4, 0.5) is 0 Å². The third kappa shape index (κ3) is 1.51. The average Bonchev–Trinajstić information content (AvgIpc) is 3.02. The fourth-order valence-electron chi connectivity index (χ4n) is 2.15. The number of halogens is 1. The summed E-state index contributed by atoms with van der Waals surface area (Å²) in [7, 11) is 0. The Bertz CT molecular complexity index is 531. The van der Waals surface area contributed by atoms with Gasteiger partial charge in [0.1, 0.15) is 11.3 Å². The van der Waals surface area contributed by atoms with E-state index in [4.69, 9.17) is 16.7 Å². The minimum atomic E-state index is 0.133. The normalized spacial score (nSPS) is 15.9. The van der Waals surface area contributed by atoms with Gasteiger partial charge in [0.05, 0.1) is 17.1 Å². The van der Waals surface area contributed by atoms with Gasteiger partial charge in [-0.05, 0) is 25.0 Å². The van der Waals surface area contributed by atoms with Crippen LogP contribution in [-0.4, -0.2) is 21.3 Å².